The van der Waals surface area contributed by atoms with Crippen LogP contribution in [0.15, 0.2) is 30.2 Å². The lowest BCUT2D eigenvalue weighted by atomic mass is 10.1. The second-order valence-corrected chi connectivity index (χ2v) is 4.24. The molecule has 0 bridgehead atoms. The summed E-state index contributed by atoms with van der Waals surface area (Å²) in [7, 11) is 0. The van der Waals surface area contributed by atoms with Crippen LogP contribution in [0.25, 0.3) is 0 Å². The lowest BCUT2D eigenvalue weighted by molar-refractivity contribution is 0.0983. The maximum absolute atomic E-state index is 11.5. The molecule has 0 aliphatic heterocycles. The smallest absolute Gasteiger partial charge is 0.172 e. The Balaban J connectivity index is 2.13. The van der Waals surface area contributed by atoms with E-state index in [2.05, 4.69) is 6.58 Å². The van der Waals surface area contributed by atoms with Crippen LogP contribution in [0.2, 0.25) is 0 Å². The molecule has 0 unspecified atom stereocenters. The summed E-state index contributed by atoms with van der Waals surface area (Å²) in [5, 5.41) is 1.95. The molecule has 0 atom stereocenters. The molecule has 0 aliphatic carbocycles. The Kier molecular flexibility index (Phi) is 5.23. The first-order chi connectivity index (χ1) is 6.84. The van der Waals surface area contributed by atoms with E-state index in [0.717, 1.165) is 30.6 Å². The zero-order chi connectivity index (χ0) is 10.2. The second-order valence-electron chi connectivity index (χ2n) is 3.29. The minimum absolute atomic E-state index is 0.290. The van der Waals surface area contributed by atoms with Gasteiger partial charge in [0.15, 0.2) is 5.78 Å². The summed E-state index contributed by atoms with van der Waals surface area (Å²) in [5.41, 5.74) is 0. The average molecular weight is 208 g/mol. The van der Waals surface area contributed by atoms with E-state index in [4.69, 9.17) is 0 Å². The first-order valence-corrected chi connectivity index (χ1v) is 5.90. The van der Waals surface area contributed by atoms with E-state index in [0.29, 0.717) is 12.2 Å². The summed E-state index contributed by atoms with van der Waals surface area (Å²) in [4.78, 5) is 12.4. The van der Waals surface area contributed by atoms with Crippen molar-refractivity contribution in [2.45, 2.75) is 32.1 Å². The molecule has 0 saturated heterocycles. The molecule has 14 heavy (non-hydrogen) atoms. The van der Waals surface area contributed by atoms with Gasteiger partial charge in [0.2, 0.25) is 0 Å². The molecule has 0 aliphatic rings. The van der Waals surface area contributed by atoms with Crippen molar-refractivity contribution in [2.75, 3.05) is 0 Å². The highest BCUT2D eigenvalue weighted by atomic mass is 32.1. The number of thiophene rings is 1. The number of ketones is 1. The maximum Gasteiger partial charge on any atom is 0.172 e. The van der Waals surface area contributed by atoms with Crippen LogP contribution in [0.3, 0.4) is 0 Å². The predicted molar refractivity (Wildman–Crippen MR) is 61.9 cm³/mol. The molecule has 1 nitrogen and oxygen atoms in total. The number of carbonyl (C=O) groups excluding carboxylic acids is 1. The molecule has 0 saturated carbocycles. The fraction of sp³-hybridized carbons (Fsp3) is 0.417. The van der Waals surface area contributed by atoms with Crippen LogP contribution in [-0.4, -0.2) is 5.78 Å². The van der Waals surface area contributed by atoms with E-state index in [9.17, 15) is 4.79 Å². The first kappa shape index (κ1) is 11.2. The Bertz CT molecular complexity index is 275. The van der Waals surface area contributed by atoms with Crippen molar-refractivity contribution in [3.05, 3.63) is 35.0 Å². The number of hydrogen-bond acceptors (Lipinski definition) is 2. The lowest BCUT2D eigenvalue weighted by Gasteiger charge is -1.97. The van der Waals surface area contributed by atoms with E-state index in [1.165, 1.54) is 11.3 Å². The van der Waals surface area contributed by atoms with Crippen molar-refractivity contribution >= 4 is 17.1 Å². The normalized spacial score (nSPS) is 10.0. The highest BCUT2D eigenvalue weighted by Crippen LogP contribution is 2.13. The molecule has 1 heterocycles. The molecule has 0 radical (unpaired) electrons. The summed E-state index contributed by atoms with van der Waals surface area (Å²) < 4.78 is 0. The molecule has 76 valence electrons. The zero-order valence-electron chi connectivity index (χ0n) is 8.37. The van der Waals surface area contributed by atoms with E-state index in [-0.39, 0.29) is 0 Å². The van der Waals surface area contributed by atoms with Crippen LogP contribution in [0, 0.1) is 0 Å². The van der Waals surface area contributed by atoms with E-state index < -0.39 is 0 Å². The summed E-state index contributed by atoms with van der Waals surface area (Å²) in [6.07, 6.45) is 6.97. The third-order valence-electron chi connectivity index (χ3n) is 2.11. The van der Waals surface area contributed by atoms with Crippen molar-refractivity contribution < 1.29 is 4.79 Å². The predicted octanol–water partition coefficient (Wildman–Crippen LogP) is 4.07. The monoisotopic (exact) mass is 208 g/mol. The van der Waals surface area contributed by atoms with Gasteiger partial charge in [-0.05, 0) is 30.7 Å². The van der Waals surface area contributed by atoms with Gasteiger partial charge in [0.05, 0.1) is 4.88 Å². The molecule has 1 aromatic heterocycles. The Morgan fingerprint density at radius 3 is 2.93 bits per heavy atom. The fourth-order valence-electron chi connectivity index (χ4n) is 1.31. The maximum atomic E-state index is 11.5. The molecule has 2 heteroatoms. The van der Waals surface area contributed by atoms with Gasteiger partial charge in [-0.2, -0.15) is 0 Å². The molecule has 0 N–H and O–H groups in total. The number of hydrogen-bond donors (Lipinski definition) is 0. The van der Waals surface area contributed by atoms with Crippen LogP contribution < -0.4 is 0 Å². The lowest BCUT2D eigenvalue weighted by Crippen LogP contribution is -1.95. The number of Topliss-reactive ketones (excluding diaryl/α,β-unsaturated/α-hetero) is 1. The standard InChI is InChI=1S/C12H16OS/c1-2-3-4-5-6-8-11(13)12-9-7-10-14-12/h2,7,9-10H,1,3-6,8H2. The Hall–Kier alpha value is -0.890. The van der Waals surface area contributed by atoms with Crippen LogP contribution in [0.4, 0.5) is 0 Å². The Morgan fingerprint density at radius 1 is 1.43 bits per heavy atom. The SMILES string of the molecule is C=CCCCCCC(=O)c1cccs1. The molecule has 0 fully saturated rings. The first-order valence-electron chi connectivity index (χ1n) is 5.02. The number of carbonyl (C=O) groups is 1. The summed E-state index contributed by atoms with van der Waals surface area (Å²) in [5.74, 6) is 0.290. The molecular weight excluding hydrogens is 192 g/mol. The molecule has 0 aromatic carbocycles. The highest BCUT2D eigenvalue weighted by molar-refractivity contribution is 7.12. The highest BCUT2D eigenvalue weighted by Gasteiger charge is 2.05. The van der Waals surface area contributed by atoms with Crippen molar-refractivity contribution in [1.29, 1.82) is 0 Å². The summed E-state index contributed by atoms with van der Waals surface area (Å²) in [6, 6.07) is 3.83. The number of allylic oxidation sites excluding steroid dienone is 1. The van der Waals surface area contributed by atoms with Crippen LogP contribution in [0.5, 0.6) is 0 Å². The molecule has 1 aromatic rings. The molecular formula is C12H16OS. The van der Waals surface area contributed by atoms with Crippen LogP contribution >= 0.6 is 11.3 Å². The fourth-order valence-corrected chi connectivity index (χ4v) is 2.01. The quantitative estimate of drug-likeness (QED) is 0.375. The minimum Gasteiger partial charge on any atom is -0.293 e. The zero-order valence-corrected chi connectivity index (χ0v) is 9.19. The number of unbranched alkanes of at least 4 members (excludes halogenated alkanes) is 3. The van der Waals surface area contributed by atoms with Crippen molar-refractivity contribution in [3.8, 4) is 0 Å². The van der Waals surface area contributed by atoms with Crippen molar-refractivity contribution in [3.63, 3.8) is 0 Å². The van der Waals surface area contributed by atoms with Crippen LogP contribution in [0.1, 0.15) is 41.8 Å². The van der Waals surface area contributed by atoms with Gasteiger partial charge in [-0.25, -0.2) is 0 Å². The van der Waals surface area contributed by atoms with Crippen LogP contribution in [-0.2, 0) is 0 Å². The van der Waals surface area contributed by atoms with E-state index >= 15 is 0 Å². The second kappa shape index (κ2) is 6.55. The van der Waals surface area contributed by atoms with E-state index in [1.807, 2.05) is 23.6 Å². The molecule has 1 rings (SSSR count). The number of rotatable bonds is 7. The van der Waals surface area contributed by atoms with Gasteiger partial charge in [-0.15, -0.1) is 17.9 Å². The van der Waals surface area contributed by atoms with Gasteiger partial charge in [0.25, 0.3) is 0 Å². The molecule has 0 spiro atoms. The summed E-state index contributed by atoms with van der Waals surface area (Å²) in [6.45, 7) is 3.67. The van der Waals surface area contributed by atoms with Gasteiger partial charge in [-0.1, -0.05) is 18.6 Å². The Labute approximate surface area is 89.5 Å². The topological polar surface area (TPSA) is 17.1 Å². The van der Waals surface area contributed by atoms with Gasteiger partial charge >= 0.3 is 0 Å². The third kappa shape index (κ3) is 3.88. The minimum atomic E-state index is 0.290. The van der Waals surface area contributed by atoms with Gasteiger partial charge in [-0.3, -0.25) is 4.79 Å². The van der Waals surface area contributed by atoms with Crippen molar-refractivity contribution in [1.82, 2.24) is 0 Å². The van der Waals surface area contributed by atoms with Gasteiger partial charge in [0.1, 0.15) is 0 Å². The Morgan fingerprint density at radius 2 is 2.29 bits per heavy atom. The third-order valence-corrected chi connectivity index (χ3v) is 3.02. The van der Waals surface area contributed by atoms with Gasteiger partial charge < -0.3 is 0 Å². The van der Waals surface area contributed by atoms with Gasteiger partial charge in [0, 0.05) is 6.42 Å². The van der Waals surface area contributed by atoms with Crippen molar-refractivity contribution in [2.24, 2.45) is 0 Å². The average Bonchev–Trinajstić information content (AvgIpc) is 2.70. The molecule has 0 amide bonds. The van der Waals surface area contributed by atoms with E-state index in [1.54, 1.807) is 0 Å². The summed E-state index contributed by atoms with van der Waals surface area (Å²) >= 11 is 1.53. The largest absolute Gasteiger partial charge is 0.293 e.